The topological polar surface area (TPSA) is 42.4 Å². The summed E-state index contributed by atoms with van der Waals surface area (Å²) in [7, 11) is 0. The van der Waals surface area contributed by atoms with E-state index in [0.717, 1.165) is 31.7 Å². The van der Waals surface area contributed by atoms with E-state index in [1.807, 2.05) is 24.4 Å². The van der Waals surface area contributed by atoms with E-state index in [-0.39, 0.29) is 12.0 Å². The molecule has 0 aromatic carbocycles. The minimum atomic E-state index is 0.0734. The first-order valence-electron chi connectivity index (χ1n) is 4.97. The van der Waals surface area contributed by atoms with E-state index in [1.165, 1.54) is 0 Å². The lowest BCUT2D eigenvalue weighted by molar-refractivity contribution is -0.0686. The Morgan fingerprint density at radius 2 is 2.29 bits per heavy atom. The van der Waals surface area contributed by atoms with Crippen molar-refractivity contribution in [1.29, 1.82) is 0 Å². The van der Waals surface area contributed by atoms with Crippen molar-refractivity contribution in [3.63, 3.8) is 0 Å². The number of rotatable bonds is 4. The third-order valence-electron chi connectivity index (χ3n) is 2.78. The number of ether oxygens (including phenoxy) is 1. The molecule has 1 aromatic heterocycles. The molecule has 76 valence electrons. The highest BCUT2D eigenvalue weighted by molar-refractivity contribution is 5.20. The van der Waals surface area contributed by atoms with Gasteiger partial charge in [0, 0.05) is 12.8 Å². The Balaban J connectivity index is 2.12. The molecular weight excluding hydrogens is 178 g/mol. The molecule has 3 nitrogen and oxygen atoms in total. The summed E-state index contributed by atoms with van der Waals surface area (Å²) < 4.78 is 5.27. The summed E-state index contributed by atoms with van der Waals surface area (Å²) in [6.07, 6.45) is 3.59. The van der Waals surface area contributed by atoms with Gasteiger partial charge in [-0.3, -0.25) is 4.98 Å². The predicted octanol–water partition coefficient (Wildman–Crippen LogP) is 1.12. The van der Waals surface area contributed by atoms with Gasteiger partial charge in [-0.05, 0) is 25.0 Å². The number of hydrogen-bond acceptors (Lipinski definition) is 3. The molecule has 0 atom stereocenters. The van der Waals surface area contributed by atoms with E-state index in [0.29, 0.717) is 0 Å². The fourth-order valence-electron chi connectivity index (χ4n) is 1.86. The Hall–Kier alpha value is -0.930. The van der Waals surface area contributed by atoms with Gasteiger partial charge < -0.3 is 9.84 Å². The maximum Gasteiger partial charge on any atom is 0.0600 e. The Labute approximate surface area is 83.7 Å². The SMILES string of the molecule is OCCCC1(c2ccccn2)COC1. The second-order valence-electron chi connectivity index (χ2n) is 3.82. The summed E-state index contributed by atoms with van der Waals surface area (Å²) in [5, 5.41) is 8.83. The van der Waals surface area contributed by atoms with Crippen LogP contribution in [-0.2, 0) is 10.2 Å². The van der Waals surface area contributed by atoms with Gasteiger partial charge in [0.15, 0.2) is 0 Å². The molecule has 1 aliphatic rings. The standard InChI is InChI=1S/C11H15NO2/c13-7-3-5-11(8-14-9-11)10-4-1-2-6-12-10/h1-2,4,6,13H,3,5,7-9H2. The number of aromatic nitrogens is 1. The normalized spacial score (nSPS) is 18.9. The summed E-state index contributed by atoms with van der Waals surface area (Å²) in [6, 6.07) is 5.96. The van der Waals surface area contributed by atoms with Crippen molar-refractivity contribution >= 4 is 0 Å². The van der Waals surface area contributed by atoms with Crippen molar-refractivity contribution < 1.29 is 9.84 Å². The van der Waals surface area contributed by atoms with Crippen LogP contribution >= 0.6 is 0 Å². The maximum absolute atomic E-state index is 8.83. The van der Waals surface area contributed by atoms with Crippen LogP contribution < -0.4 is 0 Å². The monoisotopic (exact) mass is 193 g/mol. The number of aliphatic hydroxyl groups excluding tert-OH is 1. The molecule has 2 rings (SSSR count). The molecule has 0 bridgehead atoms. The quantitative estimate of drug-likeness (QED) is 0.779. The first-order chi connectivity index (χ1) is 6.87. The van der Waals surface area contributed by atoms with Gasteiger partial charge in [-0.1, -0.05) is 6.07 Å². The summed E-state index contributed by atoms with van der Waals surface area (Å²) >= 11 is 0. The van der Waals surface area contributed by atoms with Crippen LogP contribution in [0.15, 0.2) is 24.4 Å². The number of pyridine rings is 1. The molecule has 3 heteroatoms. The van der Waals surface area contributed by atoms with Gasteiger partial charge in [0.05, 0.1) is 24.3 Å². The average Bonchev–Trinajstić information content (AvgIpc) is 2.18. The molecule has 1 saturated heterocycles. The van der Waals surface area contributed by atoms with Crippen LogP contribution in [0.4, 0.5) is 0 Å². The highest BCUT2D eigenvalue weighted by Crippen LogP contribution is 2.35. The second kappa shape index (κ2) is 4.07. The molecule has 1 fully saturated rings. The fraction of sp³-hybridized carbons (Fsp3) is 0.545. The van der Waals surface area contributed by atoms with Crippen LogP contribution in [0.2, 0.25) is 0 Å². The van der Waals surface area contributed by atoms with E-state index in [2.05, 4.69) is 4.98 Å². The third-order valence-corrected chi connectivity index (χ3v) is 2.78. The molecule has 1 aromatic rings. The van der Waals surface area contributed by atoms with Crippen molar-refractivity contribution in [3.05, 3.63) is 30.1 Å². The zero-order valence-electron chi connectivity index (χ0n) is 8.15. The first-order valence-corrected chi connectivity index (χ1v) is 4.97. The summed E-state index contributed by atoms with van der Waals surface area (Å²) in [5.74, 6) is 0. The number of nitrogens with zero attached hydrogens (tertiary/aromatic N) is 1. The summed E-state index contributed by atoms with van der Waals surface area (Å²) in [4.78, 5) is 4.36. The van der Waals surface area contributed by atoms with Gasteiger partial charge in [0.2, 0.25) is 0 Å². The lowest BCUT2D eigenvalue weighted by atomic mass is 9.78. The molecule has 0 amide bonds. The van der Waals surface area contributed by atoms with E-state index in [1.54, 1.807) is 0 Å². The Kier molecular flexibility index (Phi) is 2.79. The molecule has 0 spiro atoms. The van der Waals surface area contributed by atoms with Gasteiger partial charge >= 0.3 is 0 Å². The summed E-state index contributed by atoms with van der Waals surface area (Å²) in [5.41, 5.74) is 1.17. The van der Waals surface area contributed by atoms with Crippen LogP contribution in [0.5, 0.6) is 0 Å². The van der Waals surface area contributed by atoms with Gasteiger partial charge in [-0.2, -0.15) is 0 Å². The van der Waals surface area contributed by atoms with Crippen molar-refractivity contribution in [2.75, 3.05) is 19.8 Å². The van der Waals surface area contributed by atoms with E-state index in [9.17, 15) is 0 Å². The Morgan fingerprint density at radius 1 is 1.43 bits per heavy atom. The second-order valence-corrected chi connectivity index (χ2v) is 3.82. The molecule has 1 aliphatic heterocycles. The van der Waals surface area contributed by atoms with Crippen LogP contribution in [-0.4, -0.2) is 29.9 Å². The Bertz CT molecular complexity index is 283. The minimum absolute atomic E-state index is 0.0734. The first kappa shape index (κ1) is 9.62. The van der Waals surface area contributed by atoms with E-state index < -0.39 is 0 Å². The lowest BCUT2D eigenvalue weighted by Crippen LogP contribution is -2.47. The molecule has 0 unspecified atom stereocenters. The summed E-state index contributed by atoms with van der Waals surface area (Å²) in [6.45, 7) is 1.72. The zero-order valence-corrected chi connectivity index (χ0v) is 8.15. The van der Waals surface area contributed by atoms with Gasteiger partial charge in [-0.25, -0.2) is 0 Å². The minimum Gasteiger partial charge on any atom is -0.396 e. The highest BCUT2D eigenvalue weighted by atomic mass is 16.5. The van der Waals surface area contributed by atoms with Gasteiger partial charge in [0.1, 0.15) is 0 Å². The average molecular weight is 193 g/mol. The zero-order chi connectivity index (χ0) is 9.86. The highest BCUT2D eigenvalue weighted by Gasteiger charge is 2.40. The van der Waals surface area contributed by atoms with Gasteiger partial charge in [0.25, 0.3) is 0 Å². The van der Waals surface area contributed by atoms with Crippen molar-refractivity contribution in [2.45, 2.75) is 18.3 Å². The Morgan fingerprint density at radius 3 is 2.79 bits per heavy atom. The van der Waals surface area contributed by atoms with Crippen molar-refractivity contribution in [2.24, 2.45) is 0 Å². The molecule has 0 radical (unpaired) electrons. The van der Waals surface area contributed by atoms with Gasteiger partial charge in [-0.15, -0.1) is 0 Å². The van der Waals surface area contributed by atoms with Crippen molar-refractivity contribution in [1.82, 2.24) is 4.98 Å². The smallest absolute Gasteiger partial charge is 0.0600 e. The maximum atomic E-state index is 8.83. The molecule has 1 N–H and O–H groups in total. The van der Waals surface area contributed by atoms with E-state index >= 15 is 0 Å². The fourth-order valence-corrected chi connectivity index (χ4v) is 1.86. The molecular formula is C11H15NO2. The lowest BCUT2D eigenvalue weighted by Gasteiger charge is -2.41. The van der Waals surface area contributed by atoms with Crippen LogP contribution in [0, 0.1) is 0 Å². The molecule has 14 heavy (non-hydrogen) atoms. The number of aliphatic hydroxyl groups is 1. The third kappa shape index (κ3) is 1.65. The van der Waals surface area contributed by atoms with Crippen LogP contribution in [0.1, 0.15) is 18.5 Å². The molecule has 2 heterocycles. The molecule has 0 saturated carbocycles. The molecule has 0 aliphatic carbocycles. The van der Waals surface area contributed by atoms with Crippen LogP contribution in [0.3, 0.4) is 0 Å². The predicted molar refractivity (Wildman–Crippen MR) is 53.1 cm³/mol. The largest absolute Gasteiger partial charge is 0.396 e. The van der Waals surface area contributed by atoms with Crippen LogP contribution in [0.25, 0.3) is 0 Å². The van der Waals surface area contributed by atoms with Crippen molar-refractivity contribution in [3.8, 4) is 0 Å². The van der Waals surface area contributed by atoms with E-state index in [4.69, 9.17) is 9.84 Å². The number of hydrogen-bond donors (Lipinski definition) is 1.